The number of rotatable bonds is 7. The minimum atomic E-state index is 0.741. The predicted molar refractivity (Wildman–Crippen MR) is 117 cm³/mol. The van der Waals surface area contributed by atoms with Crippen molar-refractivity contribution in [2.24, 2.45) is 16.1 Å². The van der Waals surface area contributed by atoms with Gasteiger partial charge in [0.1, 0.15) is 0 Å². The second-order valence-electron chi connectivity index (χ2n) is 7.96. The Morgan fingerprint density at radius 1 is 0.815 bits per heavy atom. The highest BCUT2D eigenvalue weighted by atomic mass is 15.2. The molecule has 0 atom stereocenters. The van der Waals surface area contributed by atoms with Crippen LogP contribution in [0.3, 0.4) is 0 Å². The SMILES string of the molecule is CCCCc1ccc(C=NN=Cc2ccc(C3CCC(C)CC3)cc2)cc1. The molecule has 0 amide bonds. The third kappa shape index (κ3) is 6.16. The molecule has 1 saturated carbocycles. The van der Waals surface area contributed by atoms with Gasteiger partial charge in [0.2, 0.25) is 0 Å². The maximum absolute atomic E-state index is 4.21. The molecule has 1 aliphatic carbocycles. The van der Waals surface area contributed by atoms with Crippen LogP contribution in [0.2, 0.25) is 0 Å². The molecule has 0 saturated heterocycles. The number of hydrogen-bond acceptors (Lipinski definition) is 2. The zero-order chi connectivity index (χ0) is 18.9. The number of unbranched alkanes of at least 4 members (excludes halogenated alkanes) is 1. The molecule has 2 aromatic carbocycles. The van der Waals surface area contributed by atoms with Crippen LogP contribution in [-0.2, 0) is 6.42 Å². The molecular formula is C25H32N2. The van der Waals surface area contributed by atoms with Crippen molar-refractivity contribution in [1.29, 1.82) is 0 Å². The second kappa shape index (κ2) is 10.2. The maximum atomic E-state index is 4.21. The van der Waals surface area contributed by atoms with Crippen molar-refractivity contribution in [1.82, 2.24) is 0 Å². The van der Waals surface area contributed by atoms with Gasteiger partial charge in [-0.2, -0.15) is 10.2 Å². The zero-order valence-electron chi connectivity index (χ0n) is 16.8. The summed E-state index contributed by atoms with van der Waals surface area (Å²) in [4.78, 5) is 0. The summed E-state index contributed by atoms with van der Waals surface area (Å²) < 4.78 is 0. The number of aryl methyl sites for hydroxylation is 1. The van der Waals surface area contributed by atoms with E-state index in [0.29, 0.717) is 0 Å². The smallest absolute Gasteiger partial charge is 0.0568 e. The van der Waals surface area contributed by atoms with E-state index in [-0.39, 0.29) is 0 Å². The Morgan fingerprint density at radius 2 is 1.37 bits per heavy atom. The van der Waals surface area contributed by atoms with Gasteiger partial charge in [-0.25, -0.2) is 0 Å². The first-order chi connectivity index (χ1) is 13.2. The number of hydrogen-bond donors (Lipinski definition) is 0. The average molecular weight is 361 g/mol. The van der Waals surface area contributed by atoms with E-state index in [9.17, 15) is 0 Å². The van der Waals surface area contributed by atoms with E-state index in [1.807, 2.05) is 12.4 Å². The van der Waals surface area contributed by atoms with Crippen molar-refractivity contribution < 1.29 is 0 Å². The van der Waals surface area contributed by atoms with Gasteiger partial charge in [0.05, 0.1) is 12.4 Å². The van der Waals surface area contributed by atoms with E-state index in [4.69, 9.17) is 0 Å². The van der Waals surface area contributed by atoms with Crippen LogP contribution in [0, 0.1) is 5.92 Å². The highest BCUT2D eigenvalue weighted by Gasteiger charge is 2.19. The first-order valence-corrected chi connectivity index (χ1v) is 10.5. The van der Waals surface area contributed by atoms with Crippen LogP contribution in [0.4, 0.5) is 0 Å². The lowest BCUT2D eigenvalue weighted by atomic mass is 9.79. The summed E-state index contributed by atoms with van der Waals surface area (Å²) in [5.74, 6) is 1.64. The molecule has 0 unspecified atom stereocenters. The fourth-order valence-corrected chi connectivity index (χ4v) is 3.80. The fourth-order valence-electron chi connectivity index (χ4n) is 3.80. The van der Waals surface area contributed by atoms with E-state index in [1.54, 1.807) is 0 Å². The predicted octanol–water partition coefficient (Wildman–Crippen LogP) is 6.78. The Morgan fingerprint density at radius 3 is 1.93 bits per heavy atom. The molecule has 0 radical (unpaired) electrons. The number of nitrogens with zero attached hydrogens (tertiary/aromatic N) is 2. The van der Waals surface area contributed by atoms with E-state index in [2.05, 4.69) is 72.6 Å². The molecule has 27 heavy (non-hydrogen) atoms. The Bertz CT molecular complexity index is 733. The van der Waals surface area contributed by atoms with Crippen LogP contribution >= 0.6 is 0 Å². The van der Waals surface area contributed by atoms with Gasteiger partial charge in [0.15, 0.2) is 0 Å². The Balaban J connectivity index is 1.51. The first kappa shape index (κ1) is 19.5. The van der Waals surface area contributed by atoms with Crippen molar-refractivity contribution in [2.75, 3.05) is 0 Å². The topological polar surface area (TPSA) is 24.7 Å². The molecule has 2 heteroatoms. The van der Waals surface area contributed by atoms with Crippen molar-refractivity contribution >= 4 is 12.4 Å². The van der Waals surface area contributed by atoms with Crippen LogP contribution in [0.25, 0.3) is 0 Å². The molecule has 2 aromatic rings. The minimum absolute atomic E-state index is 0.741. The molecule has 0 bridgehead atoms. The molecule has 2 nitrogen and oxygen atoms in total. The first-order valence-electron chi connectivity index (χ1n) is 10.5. The Kier molecular flexibility index (Phi) is 7.38. The van der Waals surface area contributed by atoms with E-state index >= 15 is 0 Å². The van der Waals surface area contributed by atoms with Gasteiger partial charge in [0.25, 0.3) is 0 Å². The summed E-state index contributed by atoms with van der Waals surface area (Å²) in [5.41, 5.74) is 5.07. The molecule has 142 valence electrons. The molecule has 3 rings (SSSR count). The van der Waals surface area contributed by atoms with Gasteiger partial charge in [-0.05, 0) is 59.8 Å². The van der Waals surface area contributed by atoms with E-state index in [0.717, 1.165) is 29.4 Å². The Labute approximate surface area is 164 Å². The van der Waals surface area contributed by atoms with Crippen molar-refractivity contribution in [3.8, 4) is 0 Å². The summed E-state index contributed by atoms with van der Waals surface area (Å²) in [6.45, 7) is 4.60. The quantitative estimate of drug-likeness (QED) is 0.384. The lowest BCUT2D eigenvalue weighted by molar-refractivity contribution is 0.348. The van der Waals surface area contributed by atoms with E-state index < -0.39 is 0 Å². The molecule has 0 aliphatic heterocycles. The summed E-state index contributed by atoms with van der Waals surface area (Å²) in [7, 11) is 0. The van der Waals surface area contributed by atoms with Crippen molar-refractivity contribution in [3.63, 3.8) is 0 Å². The van der Waals surface area contributed by atoms with Gasteiger partial charge >= 0.3 is 0 Å². The van der Waals surface area contributed by atoms with Gasteiger partial charge in [-0.15, -0.1) is 0 Å². The maximum Gasteiger partial charge on any atom is 0.0568 e. The monoisotopic (exact) mass is 360 g/mol. The van der Waals surface area contributed by atoms with Gasteiger partial charge in [-0.1, -0.05) is 81.6 Å². The number of benzene rings is 2. The van der Waals surface area contributed by atoms with Crippen LogP contribution in [0.15, 0.2) is 58.7 Å². The average Bonchev–Trinajstić information content (AvgIpc) is 2.72. The van der Waals surface area contributed by atoms with Gasteiger partial charge < -0.3 is 0 Å². The second-order valence-corrected chi connectivity index (χ2v) is 7.96. The minimum Gasteiger partial charge on any atom is -0.159 e. The summed E-state index contributed by atoms with van der Waals surface area (Å²) >= 11 is 0. The molecule has 1 fully saturated rings. The molecular weight excluding hydrogens is 328 g/mol. The lowest BCUT2D eigenvalue weighted by Gasteiger charge is -2.26. The normalized spacial score (nSPS) is 20.5. The molecule has 0 N–H and O–H groups in total. The lowest BCUT2D eigenvalue weighted by Crippen LogP contribution is -2.10. The van der Waals surface area contributed by atoms with Crippen molar-refractivity contribution in [2.45, 2.75) is 64.7 Å². The summed E-state index contributed by atoms with van der Waals surface area (Å²) in [6, 6.07) is 17.5. The molecule has 0 heterocycles. The van der Waals surface area contributed by atoms with Gasteiger partial charge in [0, 0.05) is 0 Å². The summed E-state index contributed by atoms with van der Waals surface area (Å²) in [6.07, 6.45) is 12.7. The van der Waals surface area contributed by atoms with Crippen LogP contribution in [0.1, 0.15) is 80.5 Å². The molecule has 0 spiro atoms. The third-order valence-electron chi connectivity index (χ3n) is 5.70. The van der Waals surface area contributed by atoms with Crippen molar-refractivity contribution in [3.05, 3.63) is 70.8 Å². The fraction of sp³-hybridized carbons (Fsp3) is 0.440. The third-order valence-corrected chi connectivity index (χ3v) is 5.70. The highest BCUT2D eigenvalue weighted by molar-refractivity contribution is 5.82. The molecule has 1 aliphatic rings. The largest absolute Gasteiger partial charge is 0.159 e. The van der Waals surface area contributed by atoms with E-state index in [1.165, 1.54) is 49.7 Å². The van der Waals surface area contributed by atoms with Gasteiger partial charge in [-0.3, -0.25) is 0 Å². The van der Waals surface area contributed by atoms with Crippen LogP contribution in [-0.4, -0.2) is 12.4 Å². The Hall–Kier alpha value is -2.22. The standard InChI is InChI=1S/C25H32N2/c1-3-4-5-21-8-10-22(11-9-21)18-26-27-19-23-12-16-25(17-13-23)24-14-6-20(2)7-15-24/h8-13,16-20,24H,3-7,14-15H2,1-2H3. The molecule has 0 aromatic heterocycles. The zero-order valence-corrected chi connectivity index (χ0v) is 16.8. The van der Waals surface area contributed by atoms with Crippen LogP contribution < -0.4 is 0 Å². The highest BCUT2D eigenvalue weighted by Crippen LogP contribution is 2.35. The summed E-state index contributed by atoms with van der Waals surface area (Å²) in [5, 5.41) is 8.40. The van der Waals surface area contributed by atoms with Crippen LogP contribution in [0.5, 0.6) is 0 Å².